The van der Waals surface area contributed by atoms with Gasteiger partial charge in [0.2, 0.25) is 0 Å². The fourth-order valence-corrected chi connectivity index (χ4v) is 2.35. The van der Waals surface area contributed by atoms with Gasteiger partial charge in [0, 0.05) is 18.2 Å². The van der Waals surface area contributed by atoms with E-state index in [0.29, 0.717) is 17.1 Å². The average Bonchev–Trinajstić information content (AvgIpc) is 2.33. The first-order chi connectivity index (χ1) is 8.78. The van der Waals surface area contributed by atoms with Gasteiger partial charge in [0.1, 0.15) is 9.84 Å². The summed E-state index contributed by atoms with van der Waals surface area (Å²) in [6.07, 6.45) is 0.993. The van der Waals surface area contributed by atoms with E-state index in [1.807, 2.05) is 0 Å². The Hall–Kier alpha value is -1.27. The van der Waals surface area contributed by atoms with Gasteiger partial charge in [-0.3, -0.25) is 4.79 Å². The van der Waals surface area contributed by atoms with Crippen molar-refractivity contribution in [1.29, 1.82) is 0 Å². The number of benzene rings is 1. The molecule has 1 aromatic carbocycles. The Morgan fingerprint density at radius 1 is 1.26 bits per heavy atom. The fourth-order valence-electron chi connectivity index (χ4n) is 1.50. The van der Waals surface area contributed by atoms with Crippen LogP contribution in [0.1, 0.15) is 16.8 Å². The van der Waals surface area contributed by atoms with Crippen molar-refractivity contribution in [3.8, 4) is 11.5 Å². The van der Waals surface area contributed by atoms with Crippen LogP contribution in [0, 0.1) is 0 Å². The predicted molar refractivity (Wildman–Crippen MR) is 73.2 cm³/mol. The van der Waals surface area contributed by atoms with Gasteiger partial charge in [-0.25, -0.2) is 8.42 Å². The molecule has 0 aromatic heterocycles. The van der Waals surface area contributed by atoms with Crippen LogP contribution in [0.25, 0.3) is 0 Å². The molecule has 1 rings (SSSR count). The minimum atomic E-state index is -3.18. The summed E-state index contributed by atoms with van der Waals surface area (Å²) >= 11 is 5.97. The lowest BCUT2D eigenvalue weighted by atomic mass is 10.1. The largest absolute Gasteiger partial charge is 0.493 e. The molecule has 0 aliphatic heterocycles. The first-order valence-electron chi connectivity index (χ1n) is 5.41. The number of hydrogen-bond acceptors (Lipinski definition) is 5. The lowest BCUT2D eigenvalue weighted by molar-refractivity contribution is 0.0988. The minimum Gasteiger partial charge on any atom is -0.493 e. The molecule has 0 bridgehead atoms. The van der Waals surface area contributed by atoms with Crippen LogP contribution in [0.2, 0.25) is 5.02 Å². The van der Waals surface area contributed by atoms with Crippen molar-refractivity contribution in [2.45, 2.75) is 6.42 Å². The van der Waals surface area contributed by atoms with Crippen molar-refractivity contribution < 1.29 is 22.7 Å². The summed E-state index contributed by atoms with van der Waals surface area (Å²) in [4.78, 5) is 11.9. The Kier molecular flexibility index (Phi) is 5.20. The molecule has 0 saturated heterocycles. The van der Waals surface area contributed by atoms with E-state index in [1.165, 1.54) is 26.4 Å². The van der Waals surface area contributed by atoms with Gasteiger partial charge in [-0.1, -0.05) is 11.6 Å². The van der Waals surface area contributed by atoms with Crippen LogP contribution in [0.3, 0.4) is 0 Å². The van der Waals surface area contributed by atoms with Crippen LogP contribution in [0.4, 0.5) is 0 Å². The molecule has 0 amide bonds. The van der Waals surface area contributed by atoms with E-state index in [-0.39, 0.29) is 23.0 Å². The third-order valence-electron chi connectivity index (χ3n) is 2.46. The molecule has 0 N–H and O–H groups in total. The number of hydrogen-bond donors (Lipinski definition) is 0. The second-order valence-electron chi connectivity index (χ2n) is 4.00. The summed E-state index contributed by atoms with van der Waals surface area (Å²) in [6, 6.07) is 2.92. The van der Waals surface area contributed by atoms with Gasteiger partial charge in [0.15, 0.2) is 17.3 Å². The molecule has 1 aromatic rings. The number of methoxy groups -OCH3 is 2. The second-order valence-corrected chi connectivity index (χ2v) is 6.66. The van der Waals surface area contributed by atoms with Crippen LogP contribution in [0.5, 0.6) is 11.5 Å². The number of carbonyl (C=O) groups excluding carboxylic acids is 1. The van der Waals surface area contributed by atoms with Crippen molar-refractivity contribution >= 4 is 27.2 Å². The molecule has 0 aliphatic rings. The van der Waals surface area contributed by atoms with E-state index in [9.17, 15) is 13.2 Å². The molecular formula is C12H15ClO5S. The van der Waals surface area contributed by atoms with E-state index >= 15 is 0 Å². The van der Waals surface area contributed by atoms with Gasteiger partial charge in [0.25, 0.3) is 0 Å². The van der Waals surface area contributed by atoms with Crippen molar-refractivity contribution in [3.05, 3.63) is 22.7 Å². The summed E-state index contributed by atoms with van der Waals surface area (Å²) in [5.74, 6) is 0.160. The molecule has 0 unspecified atom stereocenters. The summed E-state index contributed by atoms with van der Waals surface area (Å²) in [6.45, 7) is 0. The molecule has 7 heteroatoms. The first kappa shape index (κ1) is 15.8. The molecule has 0 fully saturated rings. The number of halogens is 1. The van der Waals surface area contributed by atoms with Gasteiger partial charge in [-0.15, -0.1) is 0 Å². The lowest BCUT2D eigenvalue weighted by Crippen LogP contribution is -2.10. The van der Waals surface area contributed by atoms with E-state index in [4.69, 9.17) is 21.1 Å². The molecule has 0 radical (unpaired) electrons. The molecule has 0 heterocycles. The molecular weight excluding hydrogens is 292 g/mol. The highest BCUT2D eigenvalue weighted by Crippen LogP contribution is 2.36. The third-order valence-corrected chi connectivity index (χ3v) is 3.68. The number of carbonyl (C=O) groups is 1. The summed E-state index contributed by atoms with van der Waals surface area (Å²) < 4.78 is 32.2. The number of ketones is 1. The Morgan fingerprint density at radius 3 is 2.37 bits per heavy atom. The molecule has 0 saturated carbocycles. The van der Waals surface area contributed by atoms with Crippen LogP contribution < -0.4 is 9.47 Å². The summed E-state index contributed by atoms with van der Waals surface area (Å²) in [5, 5.41) is 0.240. The van der Waals surface area contributed by atoms with Gasteiger partial charge in [0.05, 0.1) is 25.0 Å². The van der Waals surface area contributed by atoms with Crippen molar-refractivity contribution in [2.75, 3.05) is 26.2 Å². The Morgan fingerprint density at radius 2 is 1.89 bits per heavy atom. The topological polar surface area (TPSA) is 69.7 Å². The maximum atomic E-state index is 11.9. The van der Waals surface area contributed by atoms with E-state index in [1.54, 1.807) is 0 Å². The zero-order valence-electron chi connectivity index (χ0n) is 10.9. The highest BCUT2D eigenvalue weighted by Gasteiger charge is 2.16. The standard InChI is InChI=1S/C12H15ClO5S/c1-17-11-7-8(6-9(13)12(11)18-2)10(14)4-5-19(3,15)16/h6-7H,4-5H2,1-3H3. The fraction of sp³-hybridized carbons (Fsp3) is 0.417. The van der Waals surface area contributed by atoms with Crippen molar-refractivity contribution in [3.63, 3.8) is 0 Å². The lowest BCUT2D eigenvalue weighted by Gasteiger charge is -2.11. The highest BCUT2D eigenvalue weighted by molar-refractivity contribution is 7.90. The number of ether oxygens (including phenoxy) is 2. The Labute approximate surface area is 117 Å². The van der Waals surface area contributed by atoms with Crippen LogP contribution in [0.15, 0.2) is 12.1 Å². The summed E-state index contributed by atoms with van der Waals surface area (Å²) in [5.41, 5.74) is 0.298. The zero-order chi connectivity index (χ0) is 14.6. The second kappa shape index (κ2) is 6.25. The van der Waals surface area contributed by atoms with Gasteiger partial charge < -0.3 is 9.47 Å². The van der Waals surface area contributed by atoms with E-state index < -0.39 is 9.84 Å². The van der Waals surface area contributed by atoms with Gasteiger partial charge in [-0.2, -0.15) is 0 Å². The van der Waals surface area contributed by atoms with Crippen molar-refractivity contribution in [1.82, 2.24) is 0 Å². The molecule has 106 valence electrons. The number of Topliss-reactive ketones (excluding diaryl/α,β-unsaturated/α-hetero) is 1. The average molecular weight is 307 g/mol. The Bertz CT molecular complexity index is 580. The normalized spacial score (nSPS) is 11.2. The quantitative estimate of drug-likeness (QED) is 0.752. The first-order valence-corrected chi connectivity index (χ1v) is 7.84. The van der Waals surface area contributed by atoms with Gasteiger partial charge in [-0.05, 0) is 12.1 Å². The maximum absolute atomic E-state index is 11.9. The van der Waals surface area contributed by atoms with E-state index in [2.05, 4.69) is 0 Å². The highest BCUT2D eigenvalue weighted by atomic mass is 35.5. The molecule has 0 atom stereocenters. The SMILES string of the molecule is COc1cc(C(=O)CCS(C)(=O)=O)cc(Cl)c1OC. The van der Waals surface area contributed by atoms with E-state index in [0.717, 1.165) is 6.26 Å². The molecule has 5 nitrogen and oxygen atoms in total. The monoisotopic (exact) mass is 306 g/mol. The third kappa shape index (κ3) is 4.40. The van der Waals surface area contributed by atoms with Crippen LogP contribution in [-0.4, -0.2) is 40.4 Å². The minimum absolute atomic E-state index is 0.0926. The molecule has 19 heavy (non-hydrogen) atoms. The maximum Gasteiger partial charge on any atom is 0.179 e. The molecule has 0 spiro atoms. The Balaban J connectivity index is 3.02. The number of rotatable bonds is 6. The zero-order valence-corrected chi connectivity index (χ0v) is 12.5. The van der Waals surface area contributed by atoms with Crippen molar-refractivity contribution in [2.24, 2.45) is 0 Å². The van der Waals surface area contributed by atoms with Crippen LogP contribution in [-0.2, 0) is 9.84 Å². The number of sulfone groups is 1. The smallest absolute Gasteiger partial charge is 0.179 e. The van der Waals surface area contributed by atoms with Gasteiger partial charge >= 0.3 is 0 Å². The molecule has 0 aliphatic carbocycles. The van der Waals surface area contributed by atoms with Crippen LogP contribution >= 0.6 is 11.6 Å². The summed E-state index contributed by atoms with van der Waals surface area (Å²) in [7, 11) is -0.307. The predicted octanol–water partition coefficient (Wildman–Crippen LogP) is 1.97.